The van der Waals surface area contributed by atoms with Gasteiger partial charge in [-0.15, -0.1) is 0 Å². The van der Waals surface area contributed by atoms with Crippen molar-refractivity contribution in [2.45, 2.75) is 37.8 Å². The van der Waals surface area contributed by atoms with Crippen LogP contribution in [0.25, 0.3) is 0 Å². The van der Waals surface area contributed by atoms with Crippen molar-refractivity contribution in [3.05, 3.63) is 34.9 Å². The van der Waals surface area contributed by atoms with E-state index in [0.29, 0.717) is 12.6 Å². The molecule has 1 atom stereocenters. The van der Waals surface area contributed by atoms with E-state index in [2.05, 4.69) is 24.4 Å². The second kappa shape index (κ2) is 4.74. The first kappa shape index (κ1) is 11.9. The summed E-state index contributed by atoms with van der Waals surface area (Å²) in [6.45, 7) is 2.85. The van der Waals surface area contributed by atoms with Crippen molar-refractivity contribution in [1.29, 1.82) is 0 Å². The van der Waals surface area contributed by atoms with Crippen LogP contribution in [0.2, 0.25) is 5.02 Å². The first-order valence-electron chi connectivity index (χ1n) is 5.83. The van der Waals surface area contributed by atoms with Gasteiger partial charge >= 0.3 is 0 Å². The molecule has 1 unspecified atom stereocenters. The van der Waals surface area contributed by atoms with Crippen LogP contribution >= 0.6 is 11.6 Å². The highest BCUT2D eigenvalue weighted by atomic mass is 35.5. The number of hydrogen-bond acceptors (Lipinski definition) is 2. The van der Waals surface area contributed by atoms with E-state index in [4.69, 9.17) is 17.3 Å². The third-order valence-corrected chi connectivity index (χ3v) is 3.34. The monoisotopic (exact) mass is 238 g/mol. The molecule has 3 heteroatoms. The maximum Gasteiger partial charge on any atom is 0.0406 e. The van der Waals surface area contributed by atoms with Crippen LogP contribution in [0.1, 0.15) is 25.3 Å². The van der Waals surface area contributed by atoms with Crippen LogP contribution in [-0.4, -0.2) is 18.1 Å². The van der Waals surface area contributed by atoms with Gasteiger partial charge in [-0.25, -0.2) is 0 Å². The van der Waals surface area contributed by atoms with Crippen LogP contribution in [0.3, 0.4) is 0 Å². The number of nitrogens with one attached hydrogen (secondary N) is 1. The zero-order valence-electron chi connectivity index (χ0n) is 9.67. The summed E-state index contributed by atoms with van der Waals surface area (Å²) >= 11 is 5.87. The maximum atomic E-state index is 5.87. The van der Waals surface area contributed by atoms with E-state index in [1.807, 2.05) is 12.1 Å². The molecule has 0 amide bonds. The van der Waals surface area contributed by atoms with Gasteiger partial charge in [0.05, 0.1) is 0 Å². The molecule has 1 aliphatic carbocycles. The molecule has 0 radical (unpaired) electrons. The largest absolute Gasteiger partial charge is 0.329 e. The fourth-order valence-electron chi connectivity index (χ4n) is 1.96. The molecule has 1 aromatic carbocycles. The Labute approximate surface area is 102 Å². The minimum Gasteiger partial charge on any atom is -0.329 e. The highest BCUT2D eigenvalue weighted by Gasteiger charge is 2.31. The lowest BCUT2D eigenvalue weighted by Crippen LogP contribution is -2.51. The Morgan fingerprint density at radius 2 is 2.00 bits per heavy atom. The molecule has 16 heavy (non-hydrogen) atoms. The molecular formula is C13H19ClN2. The lowest BCUT2D eigenvalue weighted by molar-refractivity contribution is 0.358. The Bertz CT molecular complexity index is 345. The Morgan fingerprint density at radius 3 is 2.50 bits per heavy atom. The molecule has 3 N–H and O–H groups in total. The van der Waals surface area contributed by atoms with Crippen molar-refractivity contribution in [3.8, 4) is 0 Å². The summed E-state index contributed by atoms with van der Waals surface area (Å²) in [4.78, 5) is 0. The van der Waals surface area contributed by atoms with Gasteiger partial charge in [-0.2, -0.15) is 0 Å². The summed E-state index contributed by atoms with van der Waals surface area (Å²) in [7, 11) is 0. The summed E-state index contributed by atoms with van der Waals surface area (Å²) in [6.07, 6.45) is 3.53. The van der Waals surface area contributed by atoms with Crippen LogP contribution in [0.4, 0.5) is 0 Å². The topological polar surface area (TPSA) is 38.0 Å². The van der Waals surface area contributed by atoms with E-state index >= 15 is 0 Å². The van der Waals surface area contributed by atoms with Crippen LogP contribution in [0, 0.1) is 0 Å². The molecule has 0 aliphatic heterocycles. The normalized spacial score (nSPS) is 19.4. The highest BCUT2D eigenvalue weighted by Crippen LogP contribution is 2.24. The van der Waals surface area contributed by atoms with Crippen molar-refractivity contribution in [3.63, 3.8) is 0 Å². The molecule has 0 saturated heterocycles. The van der Waals surface area contributed by atoms with Crippen molar-refractivity contribution in [2.24, 2.45) is 5.73 Å². The van der Waals surface area contributed by atoms with E-state index < -0.39 is 0 Å². The first-order chi connectivity index (χ1) is 7.61. The van der Waals surface area contributed by atoms with Crippen LogP contribution < -0.4 is 11.1 Å². The second-order valence-corrected chi connectivity index (χ2v) is 5.42. The van der Waals surface area contributed by atoms with E-state index in [1.54, 1.807) is 0 Å². The van der Waals surface area contributed by atoms with Gasteiger partial charge in [0.25, 0.3) is 0 Å². The molecule has 1 aromatic rings. The molecule has 0 bridgehead atoms. The molecule has 0 aromatic heterocycles. The lowest BCUT2D eigenvalue weighted by atomic mass is 9.92. The van der Waals surface area contributed by atoms with Gasteiger partial charge in [0, 0.05) is 23.1 Å². The predicted octanol–water partition coefficient (Wildman–Crippen LogP) is 2.35. The zero-order chi connectivity index (χ0) is 11.6. The van der Waals surface area contributed by atoms with Crippen molar-refractivity contribution in [1.82, 2.24) is 5.32 Å². The molecule has 1 aliphatic rings. The third kappa shape index (κ3) is 3.21. The fraction of sp³-hybridized carbons (Fsp3) is 0.538. The van der Waals surface area contributed by atoms with Gasteiger partial charge < -0.3 is 11.1 Å². The number of rotatable bonds is 5. The quantitative estimate of drug-likeness (QED) is 0.827. The summed E-state index contributed by atoms with van der Waals surface area (Å²) in [5.74, 6) is 0. The van der Waals surface area contributed by atoms with Gasteiger partial charge in [0.2, 0.25) is 0 Å². The minimum atomic E-state index is 0.00892. The zero-order valence-corrected chi connectivity index (χ0v) is 10.4. The molecule has 88 valence electrons. The predicted molar refractivity (Wildman–Crippen MR) is 68.8 cm³/mol. The van der Waals surface area contributed by atoms with E-state index in [-0.39, 0.29) is 5.54 Å². The van der Waals surface area contributed by atoms with Crippen LogP contribution in [0.5, 0.6) is 0 Å². The molecular weight excluding hydrogens is 220 g/mol. The van der Waals surface area contributed by atoms with Crippen molar-refractivity contribution < 1.29 is 0 Å². The number of hydrogen-bond donors (Lipinski definition) is 2. The number of nitrogens with two attached hydrogens (primary N) is 1. The maximum absolute atomic E-state index is 5.87. The van der Waals surface area contributed by atoms with Gasteiger partial charge in [-0.3, -0.25) is 0 Å². The summed E-state index contributed by atoms with van der Waals surface area (Å²) in [6, 6.07) is 8.70. The average Bonchev–Trinajstić information content (AvgIpc) is 3.05. The van der Waals surface area contributed by atoms with E-state index in [0.717, 1.165) is 11.4 Å². The molecule has 1 saturated carbocycles. The fourth-order valence-corrected chi connectivity index (χ4v) is 2.08. The molecule has 0 spiro atoms. The molecule has 2 nitrogen and oxygen atoms in total. The Kier molecular flexibility index (Phi) is 3.53. The van der Waals surface area contributed by atoms with Crippen LogP contribution in [-0.2, 0) is 6.42 Å². The lowest BCUT2D eigenvalue weighted by Gasteiger charge is -2.30. The summed E-state index contributed by atoms with van der Waals surface area (Å²) in [5, 5.41) is 4.41. The molecule has 2 rings (SSSR count). The Balaban J connectivity index is 2.01. The Hall–Kier alpha value is -0.570. The number of benzene rings is 1. The summed E-state index contributed by atoms with van der Waals surface area (Å²) < 4.78 is 0. The second-order valence-electron chi connectivity index (χ2n) is 4.99. The Morgan fingerprint density at radius 1 is 1.38 bits per heavy atom. The van der Waals surface area contributed by atoms with Gasteiger partial charge in [0.1, 0.15) is 0 Å². The molecule has 1 fully saturated rings. The SMILES string of the molecule is CC(CN)(Cc1ccc(Cl)cc1)NC1CC1. The van der Waals surface area contributed by atoms with Gasteiger partial charge in [-0.05, 0) is 43.9 Å². The standard InChI is InChI=1S/C13H19ClN2/c1-13(9-15,16-12-6-7-12)8-10-2-4-11(14)5-3-10/h2-5,12,16H,6-9,15H2,1H3. The smallest absolute Gasteiger partial charge is 0.0406 e. The van der Waals surface area contributed by atoms with E-state index in [1.165, 1.54) is 18.4 Å². The van der Waals surface area contributed by atoms with Crippen LogP contribution in [0.15, 0.2) is 24.3 Å². The number of halogens is 1. The van der Waals surface area contributed by atoms with E-state index in [9.17, 15) is 0 Å². The first-order valence-corrected chi connectivity index (χ1v) is 6.21. The summed E-state index contributed by atoms with van der Waals surface area (Å²) in [5.41, 5.74) is 7.16. The molecule has 0 heterocycles. The minimum absolute atomic E-state index is 0.00892. The van der Waals surface area contributed by atoms with Crippen molar-refractivity contribution >= 4 is 11.6 Å². The van der Waals surface area contributed by atoms with Gasteiger partial charge in [-0.1, -0.05) is 23.7 Å². The highest BCUT2D eigenvalue weighted by molar-refractivity contribution is 6.30. The average molecular weight is 239 g/mol. The van der Waals surface area contributed by atoms with Crippen molar-refractivity contribution in [2.75, 3.05) is 6.54 Å². The van der Waals surface area contributed by atoms with Gasteiger partial charge in [0.15, 0.2) is 0 Å². The third-order valence-electron chi connectivity index (χ3n) is 3.09.